The molecule has 0 bridgehead atoms. The van der Waals surface area contributed by atoms with Crippen LogP contribution in [0, 0.1) is 0 Å². The lowest BCUT2D eigenvalue weighted by molar-refractivity contribution is 0.173. The van der Waals surface area contributed by atoms with Crippen molar-refractivity contribution in [2.75, 3.05) is 19.2 Å². The SMILES string of the molecule is COc1cc(NCc2cc(Br)c3c(c2)OCO3)ccc1Cl. The summed E-state index contributed by atoms with van der Waals surface area (Å²) in [6.07, 6.45) is 0. The van der Waals surface area contributed by atoms with Gasteiger partial charge >= 0.3 is 0 Å². The Kier molecular flexibility index (Phi) is 4.12. The van der Waals surface area contributed by atoms with E-state index < -0.39 is 0 Å². The fourth-order valence-electron chi connectivity index (χ4n) is 2.10. The number of fused-ring (bicyclic) bond motifs is 1. The third-order valence-corrected chi connectivity index (χ3v) is 4.04. The first kappa shape index (κ1) is 14.4. The van der Waals surface area contributed by atoms with Gasteiger partial charge in [-0.3, -0.25) is 0 Å². The molecule has 110 valence electrons. The van der Waals surface area contributed by atoms with Crippen LogP contribution in [0.25, 0.3) is 0 Å². The molecule has 3 rings (SSSR count). The predicted octanol–water partition coefficient (Wildman–Crippen LogP) is 4.45. The molecule has 6 heteroatoms. The first-order valence-corrected chi connectivity index (χ1v) is 7.50. The minimum Gasteiger partial charge on any atom is -0.495 e. The molecule has 0 radical (unpaired) electrons. The molecule has 4 nitrogen and oxygen atoms in total. The number of rotatable bonds is 4. The summed E-state index contributed by atoms with van der Waals surface area (Å²) in [5, 5.41) is 3.92. The summed E-state index contributed by atoms with van der Waals surface area (Å²) in [4.78, 5) is 0. The van der Waals surface area contributed by atoms with Gasteiger partial charge < -0.3 is 19.5 Å². The van der Waals surface area contributed by atoms with E-state index in [4.69, 9.17) is 25.8 Å². The maximum absolute atomic E-state index is 6.01. The van der Waals surface area contributed by atoms with Crippen molar-refractivity contribution in [1.29, 1.82) is 0 Å². The summed E-state index contributed by atoms with van der Waals surface area (Å²) in [5.41, 5.74) is 2.02. The molecule has 1 heterocycles. The number of nitrogens with one attached hydrogen (secondary N) is 1. The van der Waals surface area contributed by atoms with Crippen LogP contribution in [0.15, 0.2) is 34.8 Å². The summed E-state index contributed by atoms with van der Waals surface area (Å²) in [7, 11) is 1.60. The van der Waals surface area contributed by atoms with Crippen LogP contribution in [0.5, 0.6) is 17.2 Å². The molecule has 2 aromatic carbocycles. The number of hydrogen-bond donors (Lipinski definition) is 1. The van der Waals surface area contributed by atoms with Gasteiger partial charge in [0.1, 0.15) is 5.75 Å². The summed E-state index contributed by atoms with van der Waals surface area (Å²) >= 11 is 9.50. The van der Waals surface area contributed by atoms with Crippen molar-refractivity contribution in [3.8, 4) is 17.2 Å². The Balaban J connectivity index is 1.75. The van der Waals surface area contributed by atoms with Crippen molar-refractivity contribution in [2.24, 2.45) is 0 Å². The first-order chi connectivity index (χ1) is 10.2. The van der Waals surface area contributed by atoms with E-state index in [2.05, 4.69) is 21.2 Å². The van der Waals surface area contributed by atoms with Crippen LogP contribution in [-0.4, -0.2) is 13.9 Å². The van der Waals surface area contributed by atoms with Crippen LogP contribution in [0.3, 0.4) is 0 Å². The molecule has 0 saturated carbocycles. The average Bonchev–Trinajstić information content (AvgIpc) is 2.95. The molecule has 0 aliphatic carbocycles. The third-order valence-electron chi connectivity index (χ3n) is 3.13. The Morgan fingerprint density at radius 1 is 1.29 bits per heavy atom. The van der Waals surface area contributed by atoms with Crippen molar-refractivity contribution < 1.29 is 14.2 Å². The molecule has 0 fully saturated rings. The zero-order valence-corrected chi connectivity index (χ0v) is 13.6. The van der Waals surface area contributed by atoms with Crippen molar-refractivity contribution in [3.63, 3.8) is 0 Å². The van der Waals surface area contributed by atoms with Gasteiger partial charge in [-0.05, 0) is 45.8 Å². The van der Waals surface area contributed by atoms with E-state index in [0.717, 1.165) is 27.2 Å². The monoisotopic (exact) mass is 369 g/mol. The van der Waals surface area contributed by atoms with E-state index in [9.17, 15) is 0 Å². The summed E-state index contributed by atoms with van der Waals surface area (Å²) in [5.74, 6) is 2.16. The first-order valence-electron chi connectivity index (χ1n) is 6.33. The normalized spacial score (nSPS) is 12.3. The zero-order valence-electron chi connectivity index (χ0n) is 11.3. The number of halogens is 2. The number of methoxy groups -OCH3 is 1. The highest BCUT2D eigenvalue weighted by Gasteiger charge is 2.17. The van der Waals surface area contributed by atoms with Gasteiger partial charge in [0.25, 0.3) is 0 Å². The van der Waals surface area contributed by atoms with Crippen molar-refractivity contribution in [2.45, 2.75) is 6.54 Å². The van der Waals surface area contributed by atoms with Crippen LogP contribution in [0.2, 0.25) is 5.02 Å². The van der Waals surface area contributed by atoms with E-state index in [0.29, 0.717) is 17.3 Å². The van der Waals surface area contributed by atoms with Crippen molar-refractivity contribution >= 4 is 33.2 Å². The average molecular weight is 371 g/mol. The Bertz CT molecular complexity index is 678. The smallest absolute Gasteiger partial charge is 0.231 e. The topological polar surface area (TPSA) is 39.7 Å². The van der Waals surface area contributed by atoms with Crippen LogP contribution in [0.1, 0.15) is 5.56 Å². The summed E-state index contributed by atoms with van der Waals surface area (Å²) in [6, 6.07) is 9.55. The van der Waals surface area contributed by atoms with Gasteiger partial charge in [-0.1, -0.05) is 11.6 Å². The molecule has 0 spiro atoms. The highest BCUT2D eigenvalue weighted by atomic mass is 79.9. The molecule has 2 aromatic rings. The molecule has 0 amide bonds. The minimum absolute atomic E-state index is 0.263. The second-order valence-electron chi connectivity index (χ2n) is 4.51. The van der Waals surface area contributed by atoms with Gasteiger partial charge in [0, 0.05) is 18.3 Å². The lowest BCUT2D eigenvalue weighted by atomic mass is 10.2. The van der Waals surface area contributed by atoms with Crippen LogP contribution >= 0.6 is 27.5 Å². The van der Waals surface area contributed by atoms with Gasteiger partial charge in [0.05, 0.1) is 16.6 Å². The number of benzene rings is 2. The number of anilines is 1. The second-order valence-corrected chi connectivity index (χ2v) is 5.78. The molecule has 0 aromatic heterocycles. The highest BCUT2D eigenvalue weighted by molar-refractivity contribution is 9.10. The zero-order chi connectivity index (χ0) is 14.8. The van der Waals surface area contributed by atoms with Crippen LogP contribution in [0.4, 0.5) is 5.69 Å². The summed E-state index contributed by atoms with van der Waals surface area (Å²) < 4.78 is 16.9. The molecule has 0 saturated heterocycles. The Morgan fingerprint density at radius 3 is 2.95 bits per heavy atom. The lowest BCUT2D eigenvalue weighted by Gasteiger charge is -2.10. The quantitative estimate of drug-likeness (QED) is 0.863. The fourth-order valence-corrected chi connectivity index (χ4v) is 2.90. The Hall–Kier alpha value is -1.59. The summed E-state index contributed by atoms with van der Waals surface area (Å²) in [6.45, 7) is 0.916. The molecular formula is C15H13BrClNO3. The maximum atomic E-state index is 6.01. The molecule has 21 heavy (non-hydrogen) atoms. The third kappa shape index (κ3) is 3.04. The van der Waals surface area contributed by atoms with E-state index >= 15 is 0 Å². The maximum Gasteiger partial charge on any atom is 0.231 e. The number of ether oxygens (including phenoxy) is 3. The van der Waals surface area contributed by atoms with Gasteiger partial charge in [-0.25, -0.2) is 0 Å². The van der Waals surface area contributed by atoms with Gasteiger partial charge in [0.2, 0.25) is 6.79 Å². The molecular weight excluding hydrogens is 358 g/mol. The van der Waals surface area contributed by atoms with E-state index in [1.54, 1.807) is 13.2 Å². The molecule has 0 atom stereocenters. The van der Waals surface area contributed by atoms with E-state index in [1.165, 1.54) is 0 Å². The van der Waals surface area contributed by atoms with Crippen molar-refractivity contribution in [1.82, 2.24) is 0 Å². The molecule has 1 aliphatic rings. The second kappa shape index (κ2) is 6.03. The Labute approximate surface area is 136 Å². The lowest BCUT2D eigenvalue weighted by Crippen LogP contribution is -2.00. The van der Waals surface area contributed by atoms with Crippen molar-refractivity contribution in [3.05, 3.63) is 45.4 Å². The minimum atomic E-state index is 0.263. The Morgan fingerprint density at radius 2 is 2.14 bits per heavy atom. The molecule has 1 aliphatic heterocycles. The highest BCUT2D eigenvalue weighted by Crippen LogP contribution is 2.40. The fraction of sp³-hybridized carbons (Fsp3) is 0.200. The van der Waals surface area contributed by atoms with E-state index in [-0.39, 0.29) is 6.79 Å². The number of hydrogen-bond acceptors (Lipinski definition) is 4. The van der Waals surface area contributed by atoms with Gasteiger partial charge in [-0.2, -0.15) is 0 Å². The largest absolute Gasteiger partial charge is 0.495 e. The van der Waals surface area contributed by atoms with E-state index in [1.807, 2.05) is 24.3 Å². The van der Waals surface area contributed by atoms with Gasteiger partial charge in [-0.15, -0.1) is 0 Å². The molecule has 0 unspecified atom stereocenters. The van der Waals surface area contributed by atoms with Crippen LogP contribution < -0.4 is 19.5 Å². The standard InChI is InChI=1S/C15H13BrClNO3/c1-19-13-6-10(2-3-12(13)17)18-7-9-4-11(16)15-14(5-9)20-8-21-15/h2-6,18H,7-8H2,1H3. The predicted molar refractivity (Wildman–Crippen MR) is 85.6 cm³/mol. The van der Waals surface area contributed by atoms with Crippen LogP contribution in [-0.2, 0) is 6.54 Å². The molecule has 1 N–H and O–H groups in total. The van der Waals surface area contributed by atoms with Gasteiger partial charge in [0.15, 0.2) is 11.5 Å².